The summed E-state index contributed by atoms with van der Waals surface area (Å²) >= 11 is 0. The number of nitrogens with zero attached hydrogens (tertiary/aromatic N) is 2. The number of rotatable bonds is 1. The van der Waals surface area contributed by atoms with E-state index in [1.54, 1.807) is 0 Å². The van der Waals surface area contributed by atoms with Crippen LogP contribution in [0.2, 0.25) is 0 Å². The third-order valence-corrected chi connectivity index (χ3v) is 2.69. The third-order valence-electron chi connectivity index (χ3n) is 2.69. The molecule has 1 aliphatic heterocycles. The first kappa shape index (κ1) is 11.5. The first-order valence-corrected chi connectivity index (χ1v) is 5.42. The van der Waals surface area contributed by atoms with Gasteiger partial charge in [0.05, 0.1) is 11.9 Å². The lowest BCUT2D eigenvalue weighted by Gasteiger charge is -2.29. The summed E-state index contributed by atoms with van der Waals surface area (Å²) in [6.07, 6.45) is 2.42. The molecule has 0 spiro atoms. The van der Waals surface area contributed by atoms with Crippen molar-refractivity contribution in [3.63, 3.8) is 0 Å². The van der Waals surface area contributed by atoms with Gasteiger partial charge in [0.25, 0.3) is 0 Å². The summed E-state index contributed by atoms with van der Waals surface area (Å²) in [7, 11) is 2.15. The molecule has 82 valence electrons. The Morgan fingerprint density at radius 3 is 2.57 bits per heavy atom. The van der Waals surface area contributed by atoms with Crippen molar-refractivity contribution in [2.75, 3.05) is 20.1 Å². The zero-order valence-electron chi connectivity index (χ0n) is 9.88. The fourth-order valence-corrected chi connectivity index (χ4v) is 1.63. The maximum Gasteiger partial charge on any atom is 0.0995 e. The van der Waals surface area contributed by atoms with Crippen molar-refractivity contribution in [3.05, 3.63) is 0 Å². The summed E-state index contributed by atoms with van der Waals surface area (Å²) in [4.78, 5) is 6.94. The Bertz CT molecular complexity index is 215. The second kappa shape index (κ2) is 4.30. The van der Waals surface area contributed by atoms with E-state index < -0.39 is 0 Å². The van der Waals surface area contributed by atoms with E-state index in [-0.39, 0.29) is 5.41 Å². The van der Waals surface area contributed by atoms with Gasteiger partial charge < -0.3 is 10.6 Å². The maximum atomic E-state index is 5.96. The van der Waals surface area contributed by atoms with E-state index in [2.05, 4.69) is 37.7 Å². The van der Waals surface area contributed by atoms with Crippen LogP contribution in [0.1, 0.15) is 33.6 Å². The van der Waals surface area contributed by atoms with Gasteiger partial charge in [0.15, 0.2) is 0 Å². The highest BCUT2D eigenvalue weighted by Crippen LogP contribution is 2.17. The number of nitrogens with two attached hydrogens (primary N) is 1. The molecule has 1 fully saturated rings. The van der Waals surface area contributed by atoms with Gasteiger partial charge in [0, 0.05) is 12.0 Å². The van der Waals surface area contributed by atoms with Crippen molar-refractivity contribution in [3.8, 4) is 0 Å². The lowest BCUT2D eigenvalue weighted by Crippen LogP contribution is -2.37. The zero-order chi connectivity index (χ0) is 10.8. The quantitative estimate of drug-likeness (QED) is 0.511. The van der Waals surface area contributed by atoms with Gasteiger partial charge in [-0.15, -0.1) is 0 Å². The predicted molar refractivity (Wildman–Crippen MR) is 61.6 cm³/mol. The van der Waals surface area contributed by atoms with E-state index in [0.29, 0.717) is 6.04 Å². The van der Waals surface area contributed by atoms with Crippen molar-refractivity contribution in [2.24, 2.45) is 16.1 Å². The Morgan fingerprint density at radius 2 is 2.07 bits per heavy atom. The minimum Gasteiger partial charge on any atom is -0.387 e. The normalized spacial score (nSPS) is 26.6. The number of hydrogen-bond donors (Lipinski definition) is 1. The predicted octanol–water partition coefficient (Wildman–Crippen LogP) is 1.48. The molecule has 0 saturated carbocycles. The first-order chi connectivity index (χ1) is 6.39. The van der Waals surface area contributed by atoms with Crippen LogP contribution in [-0.2, 0) is 0 Å². The Kier molecular flexibility index (Phi) is 3.53. The molecule has 1 rings (SSSR count). The van der Waals surface area contributed by atoms with E-state index in [1.807, 2.05) is 0 Å². The molecule has 3 nitrogen and oxygen atoms in total. The summed E-state index contributed by atoms with van der Waals surface area (Å²) in [5, 5.41) is 0. The molecule has 0 aromatic carbocycles. The van der Waals surface area contributed by atoms with Gasteiger partial charge in [0.1, 0.15) is 0 Å². The lowest BCUT2D eigenvalue weighted by molar-refractivity contribution is 0.252. The highest BCUT2D eigenvalue weighted by Gasteiger charge is 2.20. The number of amidine groups is 1. The van der Waals surface area contributed by atoms with E-state index in [4.69, 9.17) is 5.73 Å². The van der Waals surface area contributed by atoms with Gasteiger partial charge >= 0.3 is 0 Å². The summed E-state index contributed by atoms with van der Waals surface area (Å²) in [5.74, 6) is 0.790. The fraction of sp³-hybridized carbons (Fsp3) is 0.909. The van der Waals surface area contributed by atoms with Gasteiger partial charge in [-0.1, -0.05) is 20.8 Å². The van der Waals surface area contributed by atoms with E-state index >= 15 is 0 Å². The number of likely N-dealkylation sites (N-methyl/N-ethyl adjacent to an activating group) is 1. The number of likely N-dealkylation sites (tertiary alicyclic amines) is 1. The molecule has 14 heavy (non-hydrogen) atoms. The van der Waals surface area contributed by atoms with Crippen LogP contribution < -0.4 is 5.73 Å². The molecular weight excluding hydrogens is 174 g/mol. The standard InChI is InChI=1S/C11H23N3/c1-11(2,3)10(12)13-9-6-5-7-14(4)8-9/h9H,5-8H2,1-4H3,(H2,12,13). The largest absolute Gasteiger partial charge is 0.387 e. The minimum atomic E-state index is 0.00994. The molecule has 0 aliphatic carbocycles. The second-order valence-corrected chi connectivity index (χ2v) is 5.32. The van der Waals surface area contributed by atoms with Gasteiger partial charge in [-0.05, 0) is 26.4 Å². The molecule has 0 amide bonds. The highest BCUT2D eigenvalue weighted by atomic mass is 15.1. The van der Waals surface area contributed by atoms with Crippen LogP contribution >= 0.6 is 0 Å². The minimum absolute atomic E-state index is 0.00994. The lowest BCUT2D eigenvalue weighted by atomic mass is 9.95. The fourth-order valence-electron chi connectivity index (χ4n) is 1.63. The van der Waals surface area contributed by atoms with Gasteiger partial charge in [0.2, 0.25) is 0 Å². The van der Waals surface area contributed by atoms with Crippen LogP contribution in [0, 0.1) is 5.41 Å². The summed E-state index contributed by atoms with van der Waals surface area (Å²) < 4.78 is 0. The average molecular weight is 197 g/mol. The molecule has 1 unspecified atom stereocenters. The molecule has 0 bridgehead atoms. The van der Waals surface area contributed by atoms with Gasteiger partial charge in [-0.3, -0.25) is 4.99 Å². The van der Waals surface area contributed by atoms with Crippen LogP contribution in [0.25, 0.3) is 0 Å². The van der Waals surface area contributed by atoms with E-state index in [1.165, 1.54) is 19.4 Å². The van der Waals surface area contributed by atoms with Crippen LogP contribution in [-0.4, -0.2) is 36.9 Å². The molecule has 1 saturated heterocycles. The Balaban J connectivity index is 2.58. The second-order valence-electron chi connectivity index (χ2n) is 5.32. The third kappa shape index (κ3) is 3.29. The van der Waals surface area contributed by atoms with Crippen molar-refractivity contribution >= 4 is 5.84 Å². The van der Waals surface area contributed by atoms with Crippen LogP contribution in [0.15, 0.2) is 4.99 Å². The smallest absolute Gasteiger partial charge is 0.0995 e. The topological polar surface area (TPSA) is 41.6 Å². The molecule has 1 atom stereocenters. The van der Waals surface area contributed by atoms with Gasteiger partial charge in [-0.25, -0.2) is 0 Å². The SMILES string of the molecule is CN1CCCC(N=C(N)C(C)(C)C)C1. The maximum absolute atomic E-state index is 5.96. The molecule has 1 aliphatic rings. The van der Waals surface area contributed by atoms with Crippen molar-refractivity contribution in [1.29, 1.82) is 0 Å². The number of piperidine rings is 1. The molecular formula is C11H23N3. The highest BCUT2D eigenvalue weighted by molar-refractivity contribution is 5.85. The van der Waals surface area contributed by atoms with Crippen LogP contribution in [0.3, 0.4) is 0 Å². The van der Waals surface area contributed by atoms with Crippen molar-refractivity contribution in [1.82, 2.24) is 4.90 Å². The number of hydrogen-bond acceptors (Lipinski definition) is 2. The zero-order valence-corrected chi connectivity index (χ0v) is 9.88. The monoisotopic (exact) mass is 197 g/mol. The molecule has 1 heterocycles. The van der Waals surface area contributed by atoms with Gasteiger partial charge in [-0.2, -0.15) is 0 Å². The molecule has 0 aromatic rings. The van der Waals surface area contributed by atoms with Crippen molar-refractivity contribution < 1.29 is 0 Å². The Morgan fingerprint density at radius 1 is 1.43 bits per heavy atom. The molecule has 2 N–H and O–H groups in total. The summed E-state index contributed by atoms with van der Waals surface area (Å²) in [6, 6.07) is 0.410. The van der Waals surface area contributed by atoms with E-state index in [0.717, 1.165) is 12.4 Å². The van der Waals surface area contributed by atoms with Crippen LogP contribution in [0.5, 0.6) is 0 Å². The summed E-state index contributed by atoms with van der Waals surface area (Å²) in [6.45, 7) is 8.58. The van der Waals surface area contributed by atoms with Crippen molar-refractivity contribution in [2.45, 2.75) is 39.7 Å². The molecule has 0 radical (unpaired) electrons. The number of aliphatic imine (C=N–C) groups is 1. The first-order valence-electron chi connectivity index (χ1n) is 5.42. The Labute approximate surface area is 87.4 Å². The van der Waals surface area contributed by atoms with E-state index in [9.17, 15) is 0 Å². The molecule has 0 aromatic heterocycles. The average Bonchev–Trinajstić information content (AvgIpc) is 2.02. The Hall–Kier alpha value is -0.570. The summed E-state index contributed by atoms with van der Waals surface area (Å²) in [5.41, 5.74) is 5.97. The molecule has 3 heteroatoms. The van der Waals surface area contributed by atoms with Crippen LogP contribution in [0.4, 0.5) is 0 Å².